The van der Waals surface area contributed by atoms with Crippen molar-refractivity contribution in [3.8, 4) is 5.69 Å². The first-order valence-electron chi connectivity index (χ1n) is 7.91. The molecule has 5 nitrogen and oxygen atoms in total. The van der Waals surface area contributed by atoms with Gasteiger partial charge in [-0.1, -0.05) is 6.07 Å². The van der Waals surface area contributed by atoms with Crippen LogP contribution in [0.5, 0.6) is 0 Å². The Kier molecular flexibility index (Phi) is 4.62. The van der Waals surface area contributed by atoms with Crippen LogP contribution in [0.1, 0.15) is 21.5 Å². The van der Waals surface area contributed by atoms with E-state index in [1.165, 1.54) is 11.1 Å². The number of amides is 1. The molecule has 1 amide bonds. The predicted octanol–water partition coefficient (Wildman–Crippen LogP) is 3.02. The van der Waals surface area contributed by atoms with Gasteiger partial charge in [-0.15, -0.1) is 0 Å². The number of ether oxygens (including phenoxy) is 1. The minimum atomic E-state index is -0.116. The van der Waals surface area contributed by atoms with Gasteiger partial charge in [0.25, 0.3) is 5.91 Å². The maximum Gasteiger partial charge on any atom is 0.251 e. The highest BCUT2D eigenvalue weighted by Crippen LogP contribution is 2.21. The zero-order chi connectivity index (χ0) is 17.1. The number of hydrogen-bond acceptors (Lipinski definition) is 3. The summed E-state index contributed by atoms with van der Waals surface area (Å²) in [7, 11) is 1.61. The number of carbonyl (C=O) groups is 1. The number of rotatable bonds is 5. The maximum atomic E-state index is 12.1. The molecule has 5 heteroatoms. The monoisotopic (exact) mass is 323 g/mol. The average Bonchev–Trinajstić information content (AvgIpc) is 2.97. The molecule has 24 heavy (non-hydrogen) atoms. The molecule has 1 heterocycles. The van der Waals surface area contributed by atoms with Crippen LogP contribution in [0.2, 0.25) is 0 Å². The number of aromatic nitrogens is 2. The average molecular weight is 323 g/mol. The van der Waals surface area contributed by atoms with Gasteiger partial charge in [0, 0.05) is 24.9 Å². The number of fused-ring (bicyclic) bond motifs is 1. The van der Waals surface area contributed by atoms with E-state index < -0.39 is 0 Å². The summed E-state index contributed by atoms with van der Waals surface area (Å²) in [6, 6.07) is 12.0. The van der Waals surface area contributed by atoms with Crippen molar-refractivity contribution in [1.29, 1.82) is 0 Å². The molecule has 0 atom stereocenters. The fraction of sp³-hybridized carbons (Fsp3) is 0.263. The zero-order valence-electron chi connectivity index (χ0n) is 14.2. The van der Waals surface area contributed by atoms with Crippen LogP contribution in [0.25, 0.3) is 16.7 Å². The topological polar surface area (TPSA) is 56.1 Å². The lowest BCUT2D eigenvalue weighted by Gasteiger charge is -2.08. The van der Waals surface area contributed by atoms with Gasteiger partial charge in [0.2, 0.25) is 0 Å². The molecule has 1 N–H and O–H groups in total. The predicted molar refractivity (Wildman–Crippen MR) is 94.8 cm³/mol. The van der Waals surface area contributed by atoms with E-state index in [0.717, 1.165) is 16.7 Å². The Morgan fingerprint density at radius 1 is 1.17 bits per heavy atom. The largest absolute Gasteiger partial charge is 0.383 e. The number of imidazole rings is 1. The van der Waals surface area contributed by atoms with Crippen LogP contribution < -0.4 is 5.32 Å². The molecule has 0 aliphatic heterocycles. The lowest BCUT2D eigenvalue weighted by molar-refractivity contribution is 0.0937. The molecular formula is C19H21N3O2. The Balaban J connectivity index is 1.92. The van der Waals surface area contributed by atoms with Gasteiger partial charge < -0.3 is 10.1 Å². The van der Waals surface area contributed by atoms with Crippen molar-refractivity contribution in [3.63, 3.8) is 0 Å². The Hall–Kier alpha value is -2.66. The normalized spacial score (nSPS) is 11.0. The fourth-order valence-corrected chi connectivity index (χ4v) is 2.82. The van der Waals surface area contributed by atoms with Gasteiger partial charge in [-0.05, 0) is 55.3 Å². The van der Waals surface area contributed by atoms with Crippen molar-refractivity contribution in [2.75, 3.05) is 20.3 Å². The Morgan fingerprint density at radius 2 is 1.92 bits per heavy atom. The van der Waals surface area contributed by atoms with Gasteiger partial charge >= 0.3 is 0 Å². The summed E-state index contributed by atoms with van der Waals surface area (Å²) in [5, 5.41) is 2.82. The molecule has 0 bridgehead atoms. The maximum absolute atomic E-state index is 12.1. The van der Waals surface area contributed by atoms with Crippen molar-refractivity contribution >= 4 is 16.9 Å². The summed E-state index contributed by atoms with van der Waals surface area (Å²) < 4.78 is 6.98. The van der Waals surface area contributed by atoms with Crippen LogP contribution in [0.15, 0.2) is 42.7 Å². The second kappa shape index (κ2) is 6.84. The first-order chi connectivity index (χ1) is 11.6. The van der Waals surface area contributed by atoms with E-state index >= 15 is 0 Å². The third kappa shape index (κ3) is 3.31. The molecular weight excluding hydrogens is 302 g/mol. The van der Waals surface area contributed by atoms with E-state index in [-0.39, 0.29) is 5.91 Å². The Labute approximate surface area is 141 Å². The second-order valence-corrected chi connectivity index (χ2v) is 5.91. The van der Waals surface area contributed by atoms with Gasteiger partial charge in [-0.3, -0.25) is 9.36 Å². The van der Waals surface area contributed by atoms with Crippen LogP contribution in [0.3, 0.4) is 0 Å². The number of nitrogens with zero attached hydrogens (tertiary/aromatic N) is 2. The number of aryl methyl sites for hydroxylation is 2. The molecule has 0 saturated carbocycles. The number of carbonyl (C=O) groups excluding carboxylic acids is 1. The third-order valence-electron chi connectivity index (χ3n) is 3.89. The van der Waals surface area contributed by atoms with Crippen molar-refractivity contribution < 1.29 is 9.53 Å². The third-order valence-corrected chi connectivity index (χ3v) is 3.89. The first-order valence-corrected chi connectivity index (χ1v) is 7.91. The highest BCUT2D eigenvalue weighted by Gasteiger charge is 2.10. The van der Waals surface area contributed by atoms with Gasteiger partial charge in [0.1, 0.15) is 6.33 Å². The Bertz CT molecular complexity index is 863. The molecule has 3 aromatic rings. The van der Waals surface area contributed by atoms with Crippen molar-refractivity contribution in [1.82, 2.24) is 14.9 Å². The molecule has 0 radical (unpaired) electrons. The molecule has 2 aromatic carbocycles. The molecule has 0 aliphatic carbocycles. The van der Waals surface area contributed by atoms with Crippen LogP contribution in [0.4, 0.5) is 0 Å². The summed E-state index contributed by atoms with van der Waals surface area (Å²) in [5.41, 5.74) is 5.88. The van der Waals surface area contributed by atoms with Crippen LogP contribution in [-0.2, 0) is 4.74 Å². The molecule has 0 saturated heterocycles. The summed E-state index contributed by atoms with van der Waals surface area (Å²) in [4.78, 5) is 16.6. The van der Waals surface area contributed by atoms with Crippen molar-refractivity contribution in [2.45, 2.75) is 13.8 Å². The van der Waals surface area contributed by atoms with Crippen molar-refractivity contribution in [3.05, 3.63) is 59.4 Å². The van der Waals surface area contributed by atoms with E-state index in [1.54, 1.807) is 13.4 Å². The van der Waals surface area contributed by atoms with E-state index in [9.17, 15) is 4.79 Å². The van der Waals surface area contributed by atoms with Crippen LogP contribution in [-0.4, -0.2) is 35.7 Å². The number of benzene rings is 2. The van der Waals surface area contributed by atoms with Gasteiger partial charge in [-0.2, -0.15) is 0 Å². The van der Waals surface area contributed by atoms with Crippen molar-refractivity contribution in [2.24, 2.45) is 0 Å². The molecule has 124 valence electrons. The first kappa shape index (κ1) is 16.2. The standard InChI is InChI=1S/C19H21N3O2/c1-13-8-14(2)10-16(9-13)22-12-21-17-11-15(4-5-18(17)22)19(23)20-6-7-24-3/h4-5,8-12H,6-7H2,1-3H3,(H,20,23). The SMILES string of the molecule is COCCNC(=O)c1ccc2c(c1)ncn2-c1cc(C)cc(C)c1. The molecule has 0 fully saturated rings. The lowest BCUT2D eigenvalue weighted by atomic mass is 10.1. The smallest absolute Gasteiger partial charge is 0.251 e. The van der Waals surface area contributed by atoms with Crippen LogP contribution >= 0.6 is 0 Å². The van der Waals surface area contributed by atoms with E-state index in [2.05, 4.69) is 42.3 Å². The van der Waals surface area contributed by atoms with Gasteiger partial charge in [0.15, 0.2) is 0 Å². The second-order valence-electron chi connectivity index (χ2n) is 5.91. The molecule has 0 aliphatic rings. The number of hydrogen-bond donors (Lipinski definition) is 1. The minimum absolute atomic E-state index is 0.116. The van der Waals surface area contributed by atoms with Gasteiger partial charge in [-0.25, -0.2) is 4.98 Å². The van der Waals surface area contributed by atoms with E-state index in [4.69, 9.17) is 4.74 Å². The fourth-order valence-electron chi connectivity index (χ4n) is 2.82. The summed E-state index contributed by atoms with van der Waals surface area (Å²) >= 11 is 0. The highest BCUT2D eigenvalue weighted by molar-refractivity contribution is 5.97. The number of methoxy groups -OCH3 is 1. The molecule has 1 aromatic heterocycles. The number of nitrogens with one attached hydrogen (secondary N) is 1. The quantitative estimate of drug-likeness (QED) is 0.734. The zero-order valence-corrected chi connectivity index (χ0v) is 14.2. The molecule has 0 unspecified atom stereocenters. The van der Waals surface area contributed by atoms with E-state index in [1.807, 2.05) is 22.8 Å². The summed E-state index contributed by atoms with van der Waals surface area (Å²) in [6.07, 6.45) is 1.80. The lowest BCUT2D eigenvalue weighted by Crippen LogP contribution is -2.26. The van der Waals surface area contributed by atoms with E-state index in [0.29, 0.717) is 18.7 Å². The van der Waals surface area contributed by atoms with Crippen LogP contribution in [0, 0.1) is 13.8 Å². The van der Waals surface area contributed by atoms with Gasteiger partial charge in [0.05, 0.1) is 17.6 Å². The minimum Gasteiger partial charge on any atom is -0.383 e. The molecule has 3 rings (SSSR count). The Morgan fingerprint density at radius 3 is 2.62 bits per heavy atom. The summed E-state index contributed by atoms with van der Waals surface area (Å²) in [5.74, 6) is -0.116. The highest BCUT2D eigenvalue weighted by atomic mass is 16.5. The summed E-state index contributed by atoms with van der Waals surface area (Å²) in [6.45, 7) is 5.15. The molecule has 0 spiro atoms.